The number of rotatable bonds is 9. The van der Waals surface area contributed by atoms with Gasteiger partial charge in [-0.25, -0.2) is 27.1 Å². The van der Waals surface area contributed by atoms with Crippen molar-refractivity contribution in [2.45, 2.75) is 69.3 Å². The highest BCUT2D eigenvalue weighted by atomic mass is 19.4. The quantitative estimate of drug-likeness (QED) is 0.229. The van der Waals surface area contributed by atoms with Gasteiger partial charge in [-0.3, -0.25) is 9.59 Å². The number of aromatic nitrogens is 3. The highest BCUT2D eigenvalue weighted by molar-refractivity contribution is 5.94. The number of imidazole rings is 1. The molecule has 1 aliphatic rings. The monoisotopic (exact) mass is 589 g/mol. The van der Waals surface area contributed by atoms with Crippen LogP contribution in [0.4, 0.5) is 30.7 Å². The summed E-state index contributed by atoms with van der Waals surface area (Å²) in [5.74, 6) is -5.07. The molecule has 2 atom stereocenters. The number of carbonyl (C=O) groups excluding carboxylic acids is 2. The summed E-state index contributed by atoms with van der Waals surface area (Å²) in [4.78, 5) is 29.2. The van der Waals surface area contributed by atoms with Crippen LogP contribution in [0.3, 0.4) is 0 Å². The summed E-state index contributed by atoms with van der Waals surface area (Å²) in [5.41, 5.74) is -0.0487. The second-order valence-corrected chi connectivity index (χ2v) is 9.91. The molecule has 2 aromatic heterocycles. The summed E-state index contributed by atoms with van der Waals surface area (Å²) in [6.45, 7) is 0. The Kier molecular flexibility index (Phi) is 8.85. The van der Waals surface area contributed by atoms with Crippen LogP contribution < -0.4 is 10.6 Å². The number of nitrogens with one attached hydrogen (secondary N) is 2. The van der Waals surface area contributed by atoms with Gasteiger partial charge >= 0.3 is 6.18 Å². The molecule has 0 unspecified atom stereocenters. The molecular weight excluding hydrogens is 563 g/mol. The number of benzene rings is 1. The van der Waals surface area contributed by atoms with Gasteiger partial charge in [0.25, 0.3) is 12.3 Å². The number of hydrogen-bond donors (Lipinski definition) is 3. The largest absolute Gasteiger partial charge is 0.389 e. The third kappa shape index (κ3) is 7.93. The number of hydrogen-bond acceptors (Lipinski definition) is 5. The lowest BCUT2D eigenvalue weighted by Gasteiger charge is -2.33. The molecule has 15 heteroatoms. The Morgan fingerprint density at radius 1 is 1.10 bits per heavy atom. The first-order chi connectivity index (χ1) is 19.2. The first-order valence-corrected chi connectivity index (χ1v) is 12.7. The van der Waals surface area contributed by atoms with Crippen molar-refractivity contribution in [2.24, 2.45) is 5.92 Å². The minimum Gasteiger partial charge on any atom is -0.369 e. The molecule has 0 radical (unpaired) electrons. The lowest BCUT2D eigenvalue weighted by Crippen LogP contribution is -2.37. The summed E-state index contributed by atoms with van der Waals surface area (Å²) in [6.07, 6.45) is -9.44. The van der Waals surface area contributed by atoms with Gasteiger partial charge in [0.1, 0.15) is 0 Å². The molecule has 3 aromatic rings. The van der Waals surface area contributed by atoms with E-state index in [-0.39, 0.29) is 40.9 Å². The van der Waals surface area contributed by atoms with Crippen molar-refractivity contribution in [1.29, 1.82) is 0 Å². The van der Waals surface area contributed by atoms with E-state index in [9.17, 15) is 45.4 Å². The molecule has 0 saturated heterocycles. The van der Waals surface area contributed by atoms with Crippen LogP contribution in [0.1, 0.15) is 84.4 Å². The van der Waals surface area contributed by atoms with Gasteiger partial charge < -0.3 is 15.7 Å². The van der Waals surface area contributed by atoms with E-state index in [4.69, 9.17) is 0 Å². The summed E-state index contributed by atoms with van der Waals surface area (Å²) < 4.78 is 92.4. The van der Waals surface area contributed by atoms with Crippen molar-refractivity contribution in [3.63, 3.8) is 0 Å². The molecule has 41 heavy (non-hydrogen) atoms. The molecular formula is C26H26F7N5O3. The van der Waals surface area contributed by atoms with E-state index in [1.807, 2.05) is 5.32 Å². The Labute approximate surface area is 228 Å². The van der Waals surface area contributed by atoms with E-state index in [0.29, 0.717) is 0 Å². The van der Waals surface area contributed by atoms with Crippen LogP contribution in [0.5, 0.6) is 0 Å². The number of halogens is 7. The van der Waals surface area contributed by atoms with Crippen LogP contribution in [0.2, 0.25) is 0 Å². The predicted octanol–water partition coefficient (Wildman–Crippen LogP) is 5.41. The van der Waals surface area contributed by atoms with Crippen molar-refractivity contribution in [1.82, 2.24) is 25.2 Å². The topological polar surface area (TPSA) is 109 Å². The number of carbonyl (C=O) groups is 2. The molecule has 1 aromatic carbocycles. The molecule has 1 aliphatic carbocycles. The fourth-order valence-electron chi connectivity index (χ4n) is 4.64. The Hall–Kier alpha value is -3.75. The smallest absolute Gasteiger partial charge is 0.369 e. The van der Waals surface area contributed by atoms with E-state index in [2.05, 4.69) is 15.4 Å². The summed E-state index contributed by atoms with van der Waals surface area (Å²) in [5, 5.41) is 19.1. The van der Waals surface area contributed by atoms with Gasteiger partial charge in [-0.15, -0.1) is 0 Å². The summed E-state index contributed by atoms with van der Waals surface area (Å²) in [7, 11) is 0. The SMILES string of the molecule is O=C(CCC(F)(F)F)N[C@H](O)c1cnn2cc([C@@H](NC(=O)c3cccc(C(F)F)c3)C3CCC(F)(F)CC3)nc2c1. The van der Waals surface area contributed by atoms with Crippen molar-refractivity contribution < 1.29 is 45.4 Å². The van der Waals surface area contributed by atoms with E-state index < -0.39 is 74.2 Å². The molecule has 0 bridgehead atoms. The summed E-state index contributed by atoms with van der Waals surface area (Å²) in [6, 6.07) is 5.26. The third-order valence-corrected chi connectivity index (χ3v) is 6.85. The maximum atomic E-state index is 13.9. The van der Waals surface area contributed by atoms with Gasteiger partial charge in [0, 0.05) is 36.0 Å². The average molecular weight is 590 g/mol. The molecule has 4 rings (SSSR count). The fourth-order valence-corrected chi connectivity index (χ4v) is 4.64. The zero-order valence-corrected chi connectivity index (χ0v) is 21.3. The van der Waals surface area contributed by atoms with Crippen molar-refractivity contribution in [2.75, 3.05) is 0 Å². The number of nitrogens with zero attached hydrogens (tertiary/aromatic N) is 3. The van der Waals surface area contributed by atoms with Gasteiger partial charge in [0.05, 0.1) is 30.6 Å². The highest BCUT2D eigenvalue weighted by Gasteiger charge is 2.39. The first-order valence-electron chi connectivity index (χ1n) is 12.7. The van der Waals surface area contributed by atoms with Crippen LogP contribution in [-0.4, -0.2) is 43.6 Å². The Morgan fingerprint density at radius 2 is 1.80 bits per heavy atom. The zero-order valence-electron chi connectivity index (χ0n) is 21.3. The van der Waals surface area contributed by atoms with Gasteiger partial charge in [-0.1, -0.05) is 12.1 Å². The van der Waals surface area contributed by atoms with Crippen LogP contribution in [0.25, 0.3) is 5.65 Å². The molecule has 0 aliphatic heterocycles. The fraction of sp³-hybridized carbons (Fsp3) is 0.462. The Morgan fingerprint density at radius 3 is 2.46 bits per heavy atom. The molecule has 0 spiro atoms. The molecule has 2 amide bonds. The number of fused-ring (bicyclic) bond motifs is 1. The molecule has 2 heterocycles. The standard InChI is InChI=1S/C26H26F7N5O3/c27-22(28)15-2-1-3-16(10-15)23(40)37-21(14-4-7-25(29,30)8-5-14)18-13-38-19(35-18)11-17(12-34-38)24(41)36-20(39)6-9-26(31,32)33/h1-3,10-14,21-22,24,41H,4-9H2,(H,36,39)(H,37,40)/t21-,24+/m0/s1. The predicted molar refractivity (Wildman–Crippen MR) is 130 cm³/mol. The Bertz CT molecular complexity index is 1390. The van der Waals surface area contributed by atoms with E-state index in [1.165, 1.54) is 35.0 Å². The van der Waals surface area contributed by atoms with Gasteiger partial charge in [0.15, 0.2) is 11.9 Å². The maximum absolute atomic E-state index is 13.9. The number of aliphatic hydroxyl groups is 1. The van der Waals surface area contributed by atoms with Crippen molar-refractivity contribution >= 4 is 17.5 Å². The zero-order chi connectivity index (χ0) is 29.9. The van der Waals surface area contributed by atoms with Gasteiger partial charge in [-0.05, 0) is 37.0 Å². The maximum Gasteiger partial charge on any atom is 0.389 e. The molecule has 222 valence electrons. The third-order valence-electron chi connectivity index (χ3n) is 6.85. The second kappa shape index (κ2) is 12.0. The molecule has 8 nitrogen and oxygen atoms in total. The number of aliphatic hydroxyl groups excluding tert-OH is 1. The number of alkyl halides is 7. The first kappa shape index (κ1) is 30.2. The normalized spacial score (nSPS) is 17.4. The lowest BCUT2D eigenvalue weighted by molar-refractivity contribution is -0.145. The molecule has 3 N–H and O–H groups in total. The second-order valence-electron chi connectivity index (χ2n) is 9.91. The van der Waals surface area contributed by atoms with Crippen LogP contribution in [0, 0.1) is 5.92 Å². The van der Waals surface area contributed by atoms with Crippen LogP contribution in [0.15, 0.2) is 42.7 Å². The van der Waals surface area contributed by atoms with E-state index in [0.717, 1.165) is 12.3 Å². The van der Waals surface area contributed by atoms with Gasteiger partial charge in [0.2, 0.25) is 11.8 Å². The Balaban J connectivity index is 1.57. The van der Waals surface area contributed by atoms with Crippen LogP contribution in [-0.2, 0) is 4.79 Å². The summed E-state index contributed by atoms with van der Waals surface area (Å²) >= 11 is 0. The van der Waals surface area contributed by atoms with Crippen molar-refractivity contribution in [3.05, 3.63) is 65.1 Å². The molecule has 1 saturated carbocycles. The van der Waals surface area contributed by atoms with E-state index in [1.54, 1.807) is 0 Å². The highest BCUT2D eigenvalue weighted by Crippen LogP contribution is 2.41. The van der Waals surface area contributed by atoms with Crippen molar-refractivity contribution in [3.8, 4) is 0 Å². The van der Waals surface area contributed by atoms with Crippen LogP contribution >= 0.6 is 0 Å². The van der Waals surface area contributed by atoms with E-state index >= 15 is 0 Å². The minimum absolute atomic E-state index is 0.0108. The van der Waals surface area contributed by atoms with Gasteiger partial charge in [-0.2, -0.15) is 18.3 Å². The molecule has 1 fully saturated rings. The number of amides is 2. The lowest BCUT2D eigenvalue weighted by atomic mass is 9.81. The minimum atomic E-state index is -4.54. The average Bonchev–Trinajstić information content (AvgIpc) is 3.33.